The molecule has 0 amide bonds. The fraction of sp³-hybridized carbons (Fsp3) is 0.300. The Hall–Kier alpha value is -1.44. The van der Waals surface area contributed by atoms with Crippen molar-refractivity contribution in [3.8, 4) is 0 Å². The van der Waals surface area contributed by atoms with Gasteiger partial charge in [-0.25, -0.2) is 4.79 Å². The molecule has 0 aliphatic carbocycles. The van der Waals surface area contributed by atoms with Crippen LogP contribution in [0.1, 0.15) is 21.5 Å². The van der Waals surface area contributed by atoms with E-state index in [0.29, 0.717) is 6.07 Å². The monoisotopic (exact) mass is 306 g/mol. The maximum absolute atomic E-state index is 12.7. The van der Waals surface area contributed by atoms with Crippen molar-refractivity contribution in [1.82, 2.24) is 0 Å². The Bertz CT molecular complexity index is 506. The third-order valence-electron chi connectivity index (χ3n) is 2.14. The molecule has 0 aliphatic heterocycles. The summed E-state index contributed by atoms with van der Waals surface area (Å²) in [6.07, 6.45) is -10.6. The first kappa shape index (κ1) is 15.6. The number of hydrogen-bond acceptors (Lipinski definition) is 2. The molecule has 0 atom stereocenters. The molecule has 0 N–H and O–H groups in total. The summed E-state index contributed by atoms with van der Waals surface area (Å²) in [5.41, 5.74) is -4.85. The van der Waals surface area contributed by atoms with Crippen LogP contribution in [-0.2, 0) is 17.1 Å². The van der Waals surface area contributed by atoms with Crippen LogP contribution in [0.3, 0.4) is 0 Å². The van der Waals surface area contributed by atoms with Gasteiger partial charge in [-0.2, -0.15) is 26.3 Å². The summed E-state index contributed by atoms with van der Waals surface area (Å²) in [4.78, 5) is 11.1. The van der Waals surface area contributed by atoms with E-state index < -0.39 is 40.0 Å². The highest BCUT2D eigenvalue weighted by Crippen LogP contribution is 2.44. The number of esters is 1. The molecule has 0 fully saturated rings. The zero-order valence-corrected chi connectivity index (χ0v) is 9.87. The van der Waals surface area contributed by atoms with Gasteiger partial charge >= 0.3 is 18.3 Å². The number of rotatable bonds is 1. The standard InChI is InChI=1S/C10H5ClF6O2/c1-19-8(18)4-2-3-5(9(12,13)14)6(7(4)11)10(15,16)17/h2-3H,1H3. The van der Waals surface area contributed by atoms with Crippen molar-refractivity contribution in [2.24, 2.45) is 0 Å². The van der Waals surface area contributed by atoms with Crippen molar-refractivity contribution < 1.29 is 35.9 Å². The first-order valence-corrected chi connectivity index (χ1v) is 4.93. The molecule has 0 saturated carbocycles. The smallest absolute Gasteiger partial charge is 0.418 e. The zero-order chi connectivity index (χ0) is 15.0. The molecule has 0 unspecified atom stereocenters. The molecule has 0 bridgehead atoms. The summed E-state index contributed by atoms with van der Waals surface area (Å²) in [5.74, 6) is -1.26. The molecule has 0 aliphatic rings. The Kier molecular flexibility index (Phi) is 4.04. The van der Waals surface area contributed by atoms with Gasteiger partial charge in [0.1, 0.15) is 0 Å². The van der Waals surface area contributed by atoms with E-state index in [-0.39, 0.29) is 6.07 Å². The minimum Gasteiger partial charge on any atom is -0.465 e. The molecule has 9 heteroatoms. The fourth-order valence-electron chi connectivity index (χ4n) is 1.36. The molecule has 0 aromatic heterocycles. The van der Waals surface area contributed by atoms with Gasteiger partial charge in [0.15, 0.2) is 0 Å². The van der Waals surface area contributed by atoms with Crippen molar-refractivity contribution in [3.05, 3.63) is 33.8 Å². The predicted octanol–water partition coefficient (Wildman–Crippen LogP) is 4.16. The predicted molar refractivity (Wildman–Crippen MR) is 52.8 cm³/mol. The van der Waals surface area contributed by atoms with Gasteiger partial charge in [-0.05, 0) is 12.1 Å². The fourth-order valence-corrected chi connectivity index (χ4v) is 1.71. The molecule has 2 nitrogen and oxygen atoms in total. The number of halogens is 7. The van der Waals surface area contributed by atoms with Crippen molar-refractivity contribution in [2.75, 3.05) is 7.11 Å². The Morgan fingerprint density at radius 2 is 1.63 bits per heavy atom. The molecular weight excluding hydrogens is 302 g/mol. The zero-order valence-electron chi connectivity index (χ0n) is 9.12. The van der Waals surface area contributed by atoms with Gasteiger partial charge in [0, 0.05) is 0 Å². The third-order valence-corrected chi connectivity index (χ3v) is 2.53. The molecule has 0 saturated heterocycles. The van der Waals surface area contributed by atoms with E-state index in [1.54, 1.807) is 0 Å². The summed E-state index contributed by atoms with van der Waals surface area (Å²) in [7, 11) is 0.865. The van der Waals surface area contributed by atoms with Crippen LogP contribution in [0.25, 0.3) is 0 Å². The van der Waals surface area contributed by atoms with Gasteiger partial charge in [-0.3, -0.25) is 0 Å². The van der Waals surface area contributed by atoms with Crippen LogP contribution in [0, 0.1) is 0 Å². The van der Waals surface area contributed by atoms with Crippen molar-refractivity contribution in [2.45, 2.75) is 12.4 Å². The summed E-state index contributed by atoms with van der Waals surface area (Å²) in [6, 6.07) is 0.674. The average molecular weight is 307 g/mol. The quantitative estimate of drug-likeness (QED) is 0.575. The van der Waals surface area contributed by atoms with Crippen LogP contribution in [0.5, 0.6) is 0 Å². The van der Waals surface area contributed by atoms with Gasteiger partial charge in [0.05, 0.1) is 28.8 Å². The number of ether oxygens (including phenoxy) is 1. The summed E-state index contributed by atoms with van der Waals surface area (Å²) in [6.45, 7) is 0. The number of benzene rings is 1. The molecular formula is C10H5ClF6O2. The highest BCUT2D eigenvalue weighted by atomic mass is 35.5. The first-order chi connectivity index (χ1) is 8.50. The topological polar surface area (TPSA) is 26.3 Å². The van der Waals surface area contributed by atoms with E-state index in [2.05, 4.69) is 4.74 Å². The van der Waals surface area contributed by atoms with Crippen LogP contribution in [0.4, 0.5) is 26.3 Å². The number of carbonyl (C=O) groups excluding carboxylic acids is 1. The lowest BCUT2D eigenvalue weighted by atomic mass is 10.0. The normalized spacial score (nSPS) is 12.4. The minimum absolute atomic E-state index is 0.140. The second-order valence-corrected chi connectivity index (χ2v) is 3.71. The number of methoxy groups -OCH3 is 1. The molecule has 0 spiro atoms. The third kappa shape index (κ3) is 3.12. The molecule has 19 heavy (non-hydrogen) atoms. The van der Waals surface area contributed by atoms with Crippen LogP contribution >= 0.6 is 11.6 Å². The van der Waals surface area contributed by atoms with Gasteiger partial charge in [0.25, 0.3) is 0 Å². The molecule has 1 rings (SSSR count). The lowest BCUT2D eigenvalue weighted by Gasteiger charge is -2.18. The van der Waals surface area contributed by atoms with Crippen molar-refractivity contribution in [1.29, 1.82) is 0 Å². The Balaban J connectivity index is 3.65. The number of carbonyl (C=O) groups is 1. The second-order valence-electron chi connectivity index (χ2n) is 3.34. The number of alkyl halides is 6. The molecule has 106 valence electrons. The Labute approximate surface area is 107 Å². The van der Waals surface area contributed by atoms with Gasteiger partial charge < -0.3 is 4.74 Å². The lowest BCUT2D eigenvalue weighted by molar-refractivity contribution is -0.162. The van der Waals surface area contributed by atoms with Crippen LogP contribution in [0.15, 0.2) is 12.1 Å². The van der Waals surface area contributed by atoms with Crippen LogP contribution < -0.4 is 0 Å². The minimum atomic E-state index is -5.36. The largest absolute Gasteiger partial charge is 0.465 e. The van der Waals surface area contributed by atoms with Crippen molar-refractivity contribution >= 4 is 17.6 Å². The summed E-state index contributed by atoms with van der Waals surface area (Å²) < 4.78 is 79.6. The van der Waals surface area contributed by atoms with E-state index in [4.69, 9.17) is 11.6 Å². The lowest BCUT2D eigenvalue weighted by Crippen LogP contribution is -2.19. The highest BCUT2D eigenvalue weighted by molar-refractivity contribution is 6.34. The number of hydrogen-bond donors (Lipinski definition) is 0. The van der Waals surface area contributed by atoms with E-state index in [1.807, 2.05) is 0 Å². The average Bonchev–Trinajstić information content (AvgIpc) is 2.24. The molecule has 0 radical (unpaired) electrons. The van der Waals surface area contributed by atoms with Gasteiger partial charge in [-0.15, -0.1) is 0 Å². The molecule has 1 aromatic carbocycles. The molecule has 0 heterocycles. The van der Waals surface area contributed by atoms with Crippen LogP contribution in [-0.4, -0.2) is 13.1 Å². The molecule has 1 aromatic rings. The maximum atomic E-state index is 12.7. The Morgan fingerprint density at radius 3 is 2.00 bits per heavy atom. The van der Waals surface area contributed by atoms with Gasteiger partial charge in [0.2, 0.25) is 0 Å². The summed E-state index contributed by atoms with van der Waals surface area (Å²) >= 11 is 5.26. The Morgan fingerprint density at radius 1 is 1.11 bits per heavy atom. The van der Waals surface area contributed by atoms with E-state index in [0.717, 1.165) is 7.11 Å². The maximum Gasteiger partial charge on any atom is 0.418 e. The van der Waals surface area contributed by atoms with Gasteiger partial charge in [-0.1, -0.05) is 11.6 Å². The summed E-state index contributed by atoms with van der Waals surface area (Å²) in [5, 5.41) is -1.34. The van der Waals surface area contributed by atoms with Crippen LogP contribution in [0.2, 0.25) is 5.02 Å². The van der Waals surface area contributed by atoms with E-state index in [9.17, 15) is 31.1 Å². The van der Waals surface area contributed by atoms with E-state index >= 15 is 0 Å². The van der Waals surface area contributed by atoms with Crippen molar-refractivity contribution in [3.63, 3.8) is 0 Å². The second kappa shape index (κ2) is 4.92. The highest BCUT2D eigenvalue weighted by Gasteiger charge is 2.45. The SMILES string of the molecule is COC(=O)c1ccc(C(F)(F)F)c(C(F)(F)F)c1Cl. The first-order valence-electron chi connectivity index (χ1n) is 4.55. The van der Waals surface area contributed by atoms with E-state index in [1.165, 1.54) is 0 Å².